The van der Waals surface area contributed by atoms with Crippen LogP contribution in [0.25, 0.3) is 0 Å². The van der Waals surface area contributed by atoms with Crippen molar-refractivity contribution in [3.63, 3.8) is 0 Å². The molecule has 2 rings (SSSR count). The summed E-state index contributed by atoms with van der Waals surface area (Å²) in [5.74, 6) is -3.06. The Morgan fingerprint density at radius 2 is 1.74 bits per heavy atom. The maximum atomic E-state index is 12.8. The minimum absolute atomic E-state index is 0.0723. The molecule has 1 aliphatic rings. The normalized spacial score (nSPS) is 22.4. The van der Waals surface area contributed by atoms with E-state index in [0.717, 1.165) is 5.56 Å². The Labute approximate surface area is 166 Å². The fraction of sp³-hybridized carbons (Fsp3) is 0.591. The van der Waals surface area contributed by atoms with Crippen LogP contribution in [0.15, 0.2) is 24.3 Å². The minimum atomic E-state index is -1.26. The van der Waals surface area contributed by atoms with Gasteiger partial charge in [-0.05, 0) is 29.2 Å². The molecule has 1 aromatic carbocycles. The minimum Gasteiger partial charge on any atom is -0.453 e. The zero-order valence-corrected chi connectivity index (χ0v) is 17.9. The third-order valence-corrected chi connectivity index (χ3v) is 6.17. The number of carbonyl (C=O) groups is 3. The lowest BCUT2D eigenvalue weighted by Crippen LogP contribution is -2.33. The first-order valence-corrected chi connectivity index (χ1v) is 10.7. The summed E-state index contributed by atoms with van der Waals surface area (Å²) in [5.41, 5.74) is 2.32. The topological polar surface area (TPSA) is 60.4 Å². The Morgan fingerprint density at radius 1 is 1.15 bits per heavy atom. The van der Waals surface area contributed by atoms with E-state index >= 15 is 0 Å². The van der Waals surface area contributed by atoms with Crippen molar-refractivity contribution < 1.29 is 19.1 Å². The lowest BCUT2D eigenvalue weighted by atomic mass is 9.84. The van der Waals surface area contributed by atoms with E-state index in [9.17, 15) is 14.4 Å². The van der Waals surface area contributed by atoms with Gasteiger partial charge in [-0.2, -0.15) is 11.8 Å². The van der Waals surface area contributed by atoms with Crippen LogP contribution in [0.4, 0.5) is 0 Å². The van der Waals surface area contributed by atoms with E-state index in [4.69, 9.17) is 4.74 Å². The van der Waals surface area contributed by atoms with Crippen molar-refractivity contribution >= 4 is 29.3 Å². The highest BCUT2D eigenvalue weighted by Crippen LogP contribution is 2.28. The fourth-order valence-electron chi connectivity index (χ4n) is 3.27. The molecule has 1 heterocycles. The molecule has 1 fully saturated rings. The number of cyclic esters (lactones) is 1. The number of ketones is 2. The second-order valence-electron chi connectivity index (χ2n) is 8.50. The Bertz CT molecular complexity index is 702. The SMILES string of the molecule is CSC(C)CC1OC(=O)C(C(=O)C(C)Cc2ccc(C(C)(C)C)cc2)C1=O. The van der Waals surface area contributed by atoms with Gasteiger partial charge in [0.05, 0.1) is 0 Å². The van der Waals surface area contributed by atoms with Gasteiger partial charge in [0.25, 0.3) is 0 Å². The first-order chi connectivity index (χ1) is 12.5. The van der Waals surface area contributed by atoms with Gasteiger partial charge in [0.1, 0.15) is 0 Å². The Kier molecular flexibility index (Phi) is 6.90. The van der Waals surface area contributed by atoms with Crippen molar-refractivity contribution in [2.75, 3.05) is 6.26 Å². The molecule has 0 amide bonds. The monoisotopic (exact) mass is 390 g/mol. The summed E-state index contributed by atoms with van der Waals surface area (Å²) < 4.78 is 5.21. The third kappa shape index (κ3) is 5.22. The predicted molar refractivity (Wildman–Crippen MR) is 109 cm³/mol. The molecule has 0 aromatic heterocycles. The van der Waals surface area contributed by atoms with Crippen molar-refractivity contribution in [2.45, 2.75) is 64.2 Å². The van der Waals surface area contributed by atoms with E-state index in [0.29, 0.717) is 12.8 Å². The number of carbonyl (C=O) groups excluding carboxylic acids is 3. The quantitative estimate of drug-likeness (QED) is 0.520. The second kappa shape index (κ2) is 8.59. The maximum absolute atomic E-state index is 12.8. The molecule has 148 valence electrons. The van der Waals surface area contributed by atoms with E-state index in [1.54, 1.807) is 18.7 Å². The Morgan fingerprint density at radius 3 is 2.26 bits per heavy atom. The number of Topliss-reactive ketones (excluding diaryl/α,β-unsaturated/α-hetero) is 2. The molecule has 0 saturated carbocycles. The standard InChI is InChI=1S/C22H30O4S/c1-13(11-15-7-9-16(10-8-15)22(3,4)5)19(23)18-20(24)17(26-21(18)25)12-14(2)27-6/h7-10,13-14,17-18H,11-12H2,1-6H3. The van der Waals surface area contributed by atoms with Crippen LogP contribution in [0.5, 0.6) is 0 Å². The maximum Gasteiger partial charge on any atom is 0.325 e. The summed E-state index contributed by atoms with van der Waals surface area (Å²) in [6, 6.07) is 8.17. The van der Waals surface area contributed by atoms with Gasteiger partial charge in [0, 0.05) is 17.6 Å². The molecule has 0 radical (unpaired) electrons. The zero-order valence-electron chi connectivity index (χ0n) is 17.1. The van der Waals surface area contributed by atoms with Crippen molar-refractivity contribution in [1.29, 1.82) is 0 Å². The van der Waals surface area contributed by atoms with Gasteiger partial charge in [-0.3, -0.25) is 14.4 Å². The summed E-state index contributed by atoms with van der Waals surface area (Å²) in [6.45, 7) is 10.2. The van der Waals surface area contributed by atoms with Crippen LogP contribution in [0, 0.1) is 11.8 Å². The molecule has 0 bridgehead atoms. The molecular weight excluding hydrogens is 360 g/mol. The van der Waals surface area contributed by atoms with Gasteiger partial charge in [0.15, 0.2) is 23.6 Å². The van der Waals surface area contributed by atoms with Crippen molar-refractivity contribution in [2.24, 2.45) is 11.8 Å². The van der Waals surface area contributed by atoms with Gasteiger partial charge < -0.3 is 4.74 Å². The van der Waals surface area contributed by atoms with Crippen LogP contribution in [0.1, 0.15) is 52.2 Å². The summed E-state index contributed by atoms with van der Waals surface area (Å²) >= 11 is 1.61. The third-order valence-electron chi connectivity index (χ3n) is 5.18. The van der Waals surface area contributed by atoms with Crippen molar-refractivity contribution in [3.8, 4) is 0 Å². The molecular formula is C22H30O4S. The number of ether oxygens (including phenoxy) is 1. The van der Waals surface area contributed by atoms with Crippen LogP contribution < -0.4 is 0 Å². The molecule has 4 unspecified atom stereocenters. The highest BCUT2D eigenvalue weighted by atomic mass is 32.2. The van der Waals surface area contributed by atoms with Gasteiger partial charge in [0.2, 0.25) is 0 Å². The lowest BCUT2D eigenvalue weighted by molar-refractivity contribution is -0.147. The molecule has 0 aliphatic carbocycles. The summed E-state index contributed by atoms with van der Waals surface area (Å²) in [5, 5.41) is 0.194. The first kappa shape index (κ1) is 21.7. The molecule has 4 nitrogen and oxygen atoms in total. The number of rotatable bonds is 7. The largest absolute Gasteiger partial charge is 0.453 e. The van der Waals surface area contributed by atoms with Gasteiger partial charge >= 0.3 is 5.97 Å². The van der Waals surface area contributed by atoms with E-state index in [1.807, 2.05) is 25.3 Å². The number of thioether (sulfide) groups is 1. The zero-order chi connectivity index (χ0) is 20.4. The molecule has 0 spiro atoms. The summed E-state index contributed by atoms with van der Waals surface area (Å²) in [6.07, 6.45) is 2.12. The van der Waals surface area contributed by atoms with Crippen LogP contribution >= 0.6 is 11.8 Å². The van der Waals surface area contributed by atoms with Gasteiger partial charge in [-0.1, -0.05) is 58.9 Å². The number of benzene rings is 1. The van der Waals surface area contributed by atoms with Crippen LogP contribution in [0.2, 0.25) is 0 Å². The molecule has 27 heavy (non-hydrogen) atoms. The number of esters is 1. The highest BCUT2D eigenvalue weighted by molar-refractivity contribution is 7.99. The van der Waals surface area contributed by atoms with E-state index < -0.39 is 23.9 Å². The highest BCUT2D eigenvalue weighted by Gasteiger charge is 2.48. The van der Waals surface area contributed by atoms with E-state index in [1.165, 1.54) is 5.56 Å². The molecule has 1 aromatic rings. The Balaban J connectivity index is 2.04. The average molecular weight is 391 g/mol. The van der Waals surface area contributed by atoms with Gasteiger partial charge in [-0.15, -0.1) is 0 Å². The molecule has 1 saturated heterocycles. The summed E-state index contributed by atoms with van der Waals surface area (Å²) in [4.78, 5) is 37.5. The van der Waals surface area contributed by atoms with Crippen molar-refractivity contribution in [3.05, 3.63) is 35.4 Å². The summed E-state index contributed by atoms with van der Waals surface area (Å²) in [7, 11) is 0. The first-order valence-electron chi connectivity index (χ1n) is 9.44. The Hall–Kier alpha value is -1.62. The number of hydrogen-bond acceptors (Lipinski definition) is 5. The smallest absolute Gasteiger partial charge is 0.325 e. The molecule has 4 atom stereocenters. The average Bonchev–Trinajstić information content (AvgIpc) is 2.87. The molecule has 1 aliphatic heterocycles. The van der Waals surface area contributed by atoms with E-state index in [2.05, 4.69) is 32.9 Å². The lowest BCUT2D eigenvalue weighted by Gasteiger charge is -2.19. The predicted octanol–water partition coefficient (Wildman–Crippen LogP) is 3.98. The van der Waals surface area contributed by atoms with Crippen LogP contribution in [-0.2, 0) is 31.0 Å². The molecule has 5 heteroatoms. The van der Waals surface area contributed by atoms with E-state index in [-0.39, 0.29) is 22.2 Å². The van der Waals surface area contributed by atoms with Crippen LogP contribution in [-0.4, -0.2) is 35.1 Å². The number of hydrogen-bond donors (Lipinski definition) is 0. The molecule has 0 N–H and O–H groups in total. The van der Waals surface area contributed by atoms with Crippen LogP contribution in [0.3, 0.4) is 0 Å². The van der Waals surface area contributed by atoms with Gasteiger partial charge in [-0.25, -0.2) is 0 Å². The van der Waals surface area contributed by atoms with Crippen molar-refractivity contribution in [1.82, 2.24) is 0 Å². The fourth-order valence-corrected chi connectivity index (χ4v) is 3.63. The second-order valence-corrected chi connectivity index (χ2v) is 9.77.